The summed E-state index contributed by atoms with van der Waals surface area (Å²) >= 11 is 0. The molecule has 2 rings (SSSR count). The first kappa shape index (κ1) is 16.3. The fourth-order valence-electron chi connectivity index (χ4n) is 3.20. The second-order valence-electron chi connectivity index (χ2n) is 6.37. The Bertz CT molecular complexity index is 367. The van der Waals surface area contributed by atoms with Gasteiger partial charge in [0, 0.05) is 25.7 Å². The molecule has 2 aliphatic rings. The van der Waals surface area contributed by atoms with Gasteiger partial charge in [-0.15, -0.1) is 0 Å². The highest BCUT2D eigenvalue weighted by Crippen LogP contribution is 2.18. The van der Waals surface area contributed by atoms with Crippen molar-refractivity contribution in [1.82, 2.24) is 15.1 Å². The van der Waals surface area contributed by atoms with Gasteiger partial charge in [-0.25, -0.2) is 0 Å². The molecule has 1 heterocycles. The lowest BCUT2D eigenvalue weighted by Gasteiger charge is -2.37. The number of nitrogens with zero attached hydrogens (tertiary/aromatic N) is 2. The summed E-state index contributed by atoms with van der Waals surface area (Å²) in [5.41, 5.74) is 0. The van der Waals surface area contributed by atoms with Gasteiger partial charge in [-0.2, -0.15) is 0 Å². The molecule has 5 heteroatoms. The maximum absolute atomic E-state index is 12.3. The molecule has 2 amide bonds. The topological polar surface area (TPSA) is 52.6 Å². The van der Waals surface area contributed by atoms with Gasteiger partial charge in [0.05, 0.1) is 12.6 Å². The number of unbranched alkanes of at least 4 members (excludes halogenated alkanes) is 1. The predicted octanol–water partition coefficient (Wildman–Crippen LogP) is 1.38. The van der Waals surface area contributed by atoms with E-state index >= 15 is 0 Å². The van der Waals surface area contributed by atoms with E-state index in [0.717, 1.165) is 45.3 Å². The van der Waals surface area contributed by atoms with Crippen molar-refractivity contribution in [3.8, 4) is 0 Å². The second kappa shape index (κ2) is 7.78. The van der Waals surface area contributed by atoms with Crippen molar-refractivity contribution < 1.29 is 9.59 Å². The molecule has 1 saturated carbocycles. The van der Waals surface area contributed by atoms with Crippen molar-refractivity contribution in [2.45, 2.75) is 64.5 Å². The average Bonchev–Trinajstić information content (AvgIpc) is 2.98. The van der Waals surface area contributed by atoms with Crippen LogP contribution in [0.25, 0.3) is 0 Å². The molecule has 1 aliphatic heterocycles. The third-order valence-corrected chi connectivity index (χ3v) is 4.76. The van der Waals surface area contributed by atoms with E-state index in [-0.39, 0.29) is 17.9 Å². The maximum atomic E-state index is 12.3. The Kier molecular flexibility index (Phi) is 6.03. The van der Waals surface area contributed by atoms with E-state index in [9.17, 15) is 9.59 Å². The number of nitrogens with one attached hydrogen (secondary N) is 1. The van der Waals surface area contributed by atoms with Crippen LogP contribution in [0.3, 0.4) is 0 Å². The van der Waals surface area contributed by atoms with E-state index in [2.05, 4.69) is 12.2 Å². The van der Waals surface area contributed by atoms with E-state index < -0.39 is 0 Å². The minimum atomic E-state index is -0.206. The Labute approximate surface area is 128 Å². The lowest BCUT2D eigenvalue weighted by atomic mass is 10.1. The lowest BCUT2D eigenvalue weighted by molar-refractivity contribution is -0.139. The SMILES string of the molecule is CCCCN1CCN([C@@H](C)C(=O)NC2CCCC2)CC1=O. The van der Waals surface area contributed by atoms with E-state index in [4.69, 9.17) is 0 Å². The molecular formula is C16H29N3O2. The van der Waals surface area contributed by atoms with Crippen LogP contribution in [0.1, 0.15) is 52.4 Å². The molecule has 1 atom stereocenters. The van der Waals surface area contributed by atoms with Gasteiger partial charge in [0.1, 0.15) is 0 Å². The quantitative estimate of drug-likeness (QED) is 0.805. The summed E-state index contributed by atoms with van der Waals surface area (Å²) in [4.78, 5) is 28.4. The van der Waals surface area contributed by atoms with Crippen molar-refractivity contribution >= 4 is 11.8 Å². The number of hydrogen-bond donors (Lipinski definition) is 1. The van der Waals surface area contributed by atoms with Crippen LogP contribution < -0.4 is 5.32 Å². The minimum absolute atomic E-state index is 0.0803. The highest BCUT2D eigenvalue weighted by molar-refractivity contribution is 5.84. The van der Waals surface area contributed by atoms with Crippen molar-refractivity contribution in [3.63, 3.8) is 0 Å². The van der Waals surface area contributed by atoms with E-state index in [1.54, 1.807) is 0 Å². The van der Waals surface area contributed by atoms with Crippen LogP contribution >= 0.6 is 0 Å². The van der Waals surface area contributed by atoms with Crippen LogP contribution in [0, 0.1) is 0 Å². The number of carbonyl (C=O) groups excluding carboxylic acids is 2. The maximum Gasteiger partial charge on any atom is 0.237 e. The molecule has 0 aromatic rings. The van der Waals surface area contributed by atoms with Gasteiger partial charge in [0.15, 0.2) is 0 Å². The van der Waals surface area contributed by atoms with Gasteiger partial charge >= 0.3 is 0 Å². The molecule has 1 aliphatic carbocycles. The van der Waals surface area contributed by atoms with Crippen LogP contribution in [0.4, 0.5) is 0 Å². The van der Waals surface area contributed by atoms with E-state index in [1.807, 2.05) is 16.7 Å². The fraction of sp³-hybridized carbons (Fsp3) is 0.875. The third-order valence-electron chi connectivity index (χ3n) is 4.76. The molecule has 0 aromatic carbocycles. The van der Waals surface area contributed by atoms with Crippen LogP contribution in [-0.2, 0) is 9.59 Å². The van der Waals surface area contributed by atoms with Crippen molar-refractivity contribution in [3.05, 3.63) is 0 Å². The largest absolute Gasteiger partial charge is 0.352 e. The first-order valence-electron chi connectivity index (χ1n) is 8.44. The van der Waals surface area contributed by atoms with E-state index in [0.29, 0.717) is 12.6 Å². The standard InChI is InChI=1S/C16H29N3O2/c1-3-4-9-18-10-11-19(12-15(18)20)13(2)16(21)17-14-7-5-6-8-14/h13-14H,3-12H2,1-2H3,(H,17,21)/t13-/m0/s1. The average molecular weight is 295 g/mol. The summed E-state index contributed by atoms with van der Waals surface area (Å²) in [6.45, 7) is 6.83. The van der Waals surface area contributed by atoms with Gasteiger partial charge in [-0.1, -0.05) is 26.2 Å². The molecular weight excluding hydrogens is 266 g/mol. The highest BCUT2D eigenvalue weighted by Gasteiger charge is 2.30. The summed E-state index contributed by atoms with van der Waals surface area (Å²) in [6, 6.07) is 0.143. The number of hydrogen-bond acceptors (Lipinski definition) is 3. The molecule has 1 N–H and O–H groups in total. The Morgan fingerprint density at radius 2 is 2.05 bits per heavy atom. The molecule has 0 aromatic heterocycles. The summed E-state index contributed by atoms with van der Waals surface area (Å²) in [7, 11) is 0. The first-order chi connectivity index (χ1) is 10.1. The molecule has 0 spiro atoms. The van der Waals surface area contributed by atoms with Crippen LogP contribution in [-0.4, -0.2) is 59.9 Å². The Hall–Kier alpha value is -1.10. The number of carbonyl (C=O) groups is 2. The Balaban J connectivity index is 1.79. The smallest absolute Gasteiger partial charge is 0.237 e. The molecule has 21 heavy (non-hydrogen) atoms. The van der Waals surface area contributed by atoms with Crippen molar-refractivity contribution in [2.75, 3.05) is 26.2 Å². The molecule has 1 saturated heterocycles. The zero-order chi connectivity index (χ0) is 15.2. The van der Waals surface area contributed by atoms with Crippen molar-refractivity contribution in [1.29, 1.82) is 0 Å². The molecule has 5 nitrogen and oxygen atoms in total. The molecule has 120 valence electrons. The second-order valence-corrected chi connectivity index (χ2v) is 6.37. The number of amides is 2. The van der Waals surface area contributed by atoms with Crippen LogP contribution in [0.2, 0.25) is 0 Å². The molecule has 0 bridgehead atoms. The third kappa shape index (κ3) is 4.43. The van der Waals surface area contributed by atoms with Crippen molar-refractivity contribution in [2.24, 2.45) is 0 Å². The minimum Gasteiger partial charge on any atom is -0.352 e. The van der Waals surface area contributed by atoms with Crippen LogP contribution in [0.5, 0.6) is 0 Å². The normalized spacial score (nSPS) is 22.6. The highest BCUT2D eigenvalue weighted by atomic mass is 16.2. The zero-order valence-corrected chi connectivity index (χ0v) is 13.4. The summed E-state index contributed by atoms with van der Waals surface area (Å²) in [5.74, 6) is 0.243. The van der Waals surface area contributed by atoms with Gasteiger partial charge in [-0.05, 0) is 26.2 Å². The predicted molar refractivity (Wildman–Crippen MR) is 82.9 cm³/mol. The molecule has 2 fully saturated rings. The summed E-state index contributed by atoms with van der Waals surface area (Å²) in [6.07, 6.45) is 6.79. The Morgan fingerprint density at radius 3 is 2.67 bits per heavy atom. The van der Waals surface area contributed by atoms with Gasteiger partial charge in [0.2, 0.25) is 11.8 Å². The van der Waals surface area contributed by atoms with Gasteiger partial charge in [-0.3, -0.25) is 14.5 Å². The monoisotopic (exact) mass is 295 g/mol. The molecule has 0 radical (unpaired) electrons. The van der Waals surface area contributed by atoms with Gasteiger partial charge < -0.3 is 10.2 Å². The van der Waals surface area contributed by atoms with Crippen LogP contribution in [0.15, 0.2) is 0 Å². The fourth-order valence-corrected chi connectivity index (χ4v) is 3.20. The molecule has 0 unspecified atom stereocenters. The lowest BCUT2D eigenvalue weighted by Crippen LogP contribution is -2.57. The summed E-state index contributed by atoms with van der Waals surface area (Å²) < 4.78 is 0. The van der Waals surface area contributed by atoms with E-state index in [1.165, 1.54) is 12.8 Å². The first-order valence-corrected chi connectivity index (χ1v) is 8.44. The zero-order valence-electron chi connectivity index (χ0n) is 13.4. The number of rotatable bonds is 6. The Morgan fingerprint density at radius 1 is 1.33 bits per heavy atom. The van der Waals surface area contributed by atoms with Gasteiger partial charge in [0.25, 0.3) is 0 Å². The summed E-state index contributed by atoms with van der Waals surface area (Å²) in [5, 5.41) is 3.13. The number of piperazine rings is 1.